The number of allylic oxidation sites excluding steroid dienone is 10. The maximum atomic E-state index is 12.8. The summed E-state index contributed by atoms with van der Waals surface area (Å²) in [6.07, 6.45) is 35.4. The Hall–Kier alpha value is -2.20. The molecule has 13 heteroatoms. The number of esters is 1. The van der Waals surface area contributed by atoms with Crippen molar-refractivity contribution in [1.29, 1.82) is 0 Å². The van der Waals surface area contributed by atoms with Crippen molar-refractivity contribution in [3.8, 4) is 0 Å². The van der Waals surface area contributed by atoms with E-state index in [-0.39, 0.29) is 19.6 Å². The van der Waals surface area contributed by atoms with Crippen molar-refractivity contribution in [2.24, 2.45) is 0 Å². The summed E-state index contributed by atoms with van der Waals surface area (Å²) < 4.78 is 59.0. The third kappa shape index (κ3) is 29.9. The highest BCUT2D eigenvalue weighted by Gasteiger charge is 2.48. The summed E-state index contributed by atoms with van der Waals surface area (Å²) in [6, 6.07) is 0. The Morgan fingerprint density at radius 2 is 1.19 bits per heavy atom. The molecule has 1 fully saturated rings. The minimum atomic E-state index is -5.07. The molecule has 12 nitrogen and oxygen atoms in total. The maximum Gasteiger partial charge on any atom is 0.397 e. The highest BCUT2D eigenvalue weighted by Crippen LogP contribution is 2.26. The van der Waals surface area contributed by atoms with E-state index in [2.05, 4.69) is 78.8 Å². The number of hydrogen-bond acceptors (Lipinski definition) is 11. The summed E-state index contributed by atoms with van der Waals surface area (Å²) in [7, 11) is -5.07. The predicted octanol–water partition coefficient (Wildman–Crippen LogP) is 8.96. The Labute approximate surface area is 350 Å². The van der Waals surface area contributed by atoms with Crippen LogP contribution in [0.5, 0.6) is 0 Å². The van der Waals surface area contributed by atoms with E-state index in [1.54, 1.807) is 0 Å². The van der Waals surface area contributed by atoms with Crippen LogP contribution in [0.3, 0.4) is 0 Å². The van der Waals surface area contributed by atoms with Gasteiger partial charge in [-0.15, -0.1) is 0 Å². The van der Waals surface area contributed by atoms with Crippen LogP contribution in [0.2, 0.25) is 0 Å². The second kappa shape index (κ2) is 36.6. The van der Waals surface area contributed by atoms with Gasteiger partial charge in [0.15, 0.2) is 6.29 Å². The quantitative estimate of drug-likeness (QED) is 0.0202. The molecule has 0 amide bonds. The fourth-order valence-electron chi connectivity index (χ4n) is 6.30. The Kier molecular flexibility index (Phi) is 34.0. The van der Waals surface area contributed by atoms with Gasteiger partial charge in [-0.3, -0.25) is 9.35 Å². The van der Waals surface area contributed by atoms with Crippen molar-refractivity contribution in [2.75, 3.05) is 26.4 Å². The van der Waals surface area contributed by atoms with Crippen molar-refractivity contribution in [3.63, 3.8) is 0 Å². The SMILES string of the molecule is CC/C=C\C/C=C\C/C=C\CCCCCCCCOCC(COC1OC(CO)C(O)C(OS(=O)(=O)O)C1O)OC(=O)CCCCCCC/C=C\C/C=C\CCCCC. The summed E-state index contributed by atoms with van der Waals surface area (Å²) in [5, 5.41) is 30.6. The van der Waals surface area contributed by atoms with Crippen LogP contribution in [-0.4, -0.2) is 97.5 Å². The average molecular weight is 843 g/mol. The lowest BCUT2D eigenvalue weighted by Gasteiger charge is -2.41. The molecular weight excluding hydrogens is 765 g/mol. The fraction of sp³-hybridized carbons (Fsp3) is 0.756. The number of aliphatic hydroxyl groups is 3. The van der Waals surface area contributed by atoms with Gasteiger partial charge in [0.1, 0.15) is 30.5 Å². The molecule has 1 aliphatic rings. The Bertz CT molecular complexity index is 1250. The summed E-state index contributed by atoms with van der Waals surface area (Å²) >= 11 is 0. The molecule has 336 valence electrons. The lowest BCUT2D eigenvalue weighted by molar-refractivity contribution is -0.301. The van der Waals surface area contributed by atoms with Gasteiger partial charge in [-0.25, -0.2) is 4.18 Å². The molecule has 1 saturated heterocycles. The van der Waals surface area contributed by atoms with Gasteiger partial charge in [-0.05, 0) is 77.0 Å². The topological polar surface area (TPSA) is 178 Å². The molecule has 0 saturated carbocycles. The minimum absolute atomic E-state index is 0.0185. The van der Waals surface area contributed by atoms with E-state index >= 15 is 0 Å². The molecule has 1 aliphatic heterocycles. The number of hydrogen-bond donors (Lipinski definition) is 4. The summed E-state index contributed by atoms with van der Waals surface area (Å²) in [5.74, 6) is -0.421. The summed E-state index contributed by atoms with van der Waals surface area (Å²) in [4.78, 5) is 12.8. The number of unbranched alkanes of at least 4 members (excludes halogenated alkanes) is 14. The lowest BCUT2D eigenvalue weighted by atomic mass is 9.99. The van der Waals surface area contributed by atoms with Crippen molar-refractivity contribution in [2.45, 2.75) is 192 Å². The third-order valence-corrected chi connectivity index (χ3v) is 10.1. The second-order valence-electron chi connectivity index (χ2n) is 14.9. The van der Waals surface area contributed by atoms with Crippen LogP contribution >= 0.6 is 0 Å². The zero-order chi connectivity index (χ0) is 42.5. The van der Waals surface area contributed by atoms with E-state index < -0.39 is 59.8 Å². The minimum Gasteiger partial charge on any atom is -0.457 e. The highest BCUT2D eigenvalue weighted by atomic mass is 32.3. The second-order valence-corrected chi connectivity index (χ2v) is 15.9. The first-order chi connectivity index (χ1) is 28.1. The van der Waals surface area contributed by atoms with Gasteiger partial charge in [-0.2, -0.15) is 8.42 Å². The normalized spacial score (nSPS) is 21.1. The summed E-state index contributed by atoms with van der Waals surface area (Å²) in [5.41, 5.74) is 0. The number of ether oxygens (including phenoxy) is 4. The molecule has 0 aromatic rings. The van der Waals surface area contributed by atoms with Gasteiger partial charge in [0.25, 0.3) is 0 Å². The van der Waals surface area contributed by atoms with Crippen molar-refractivity contribution >= 4 is 16.4 Å². The van der Waals surface area contributed by atoms with Crippen LogP contribution in [0.15, 0.2) is 60.8 Å². The van der Waals surface area contributed by atoms with Gasteiger partial charge in [0, 0.05) is 13.0 Å². The zero-order valence-corrected chi connectivity index (χ0v) is 36.4. The molecular formula is C45H78O12S. The van der Waals surface area contributed by atoms with Crippen LogP contribution < -0.4 is 0 Å². The van der Waals surface area contributed by atoms with E-state index in [1.807, 2.05) is 0 Å². The van der Waals surface area contributed by atoms with Gasteiger partial charge in [-0.1, -0.05) is 132 Å². The monoisotopic (exact) mass is 843 g/mol. The van der Waals surface area contributed by atoms with Crippen molar-refractivity contribution in [3.05, 3.63) is 60.8 Å². The molecule has 6 unspecified atom stereocenters. The number of rotatable bonds is 37. The lowest BCUT2D eigenvalue weighted by Crippen LogP contribution is -2.60. The first kappa shape index (κ1) is 53.8. The smallest absolute Gasteiger partial charge is 0.397 e. The fourth-order valence-corrected chi connectivity index (χ4v) is 6.81. The Morgan fingerprint density at radius 1 is 0.672 bits per heavy atom. The Balaban J connectivity index is 2.47. The molecule has 0 spiro atoms. The van der Waals surface area contributed by atoms with E-state index in [9.17, 15) is 28.5 Å². The van der Waals surface area contributed by atoms with Gasteiger partial charge < -0.3 is 34.3 Å². The van der Waals surface area contributed by atoms with E-state index in [0.29, 0.717) is 13.0 Å². The number of carbonyl (C=O) groups is 1. The molecule has 1 rings (SSSR count). The van der Waals surface area contributed by atoms with Crippen LogP contribution in [0.4, 0.5) is 0 Å². The third-order valence-electron chi connectivity index (χ3n) is 9.62. The molecule has 6 atom stereocenters. The Morgan fingerprint density at radius 3 is 1.74 bits per heavy atom. The average Bonchev–Trinajstić information content (AvgIpc) is 3.19. The van der Waals surface area contributed by atoms with E-state index in [4.69, 9.17) is 23.5 Å². The molecule has 1 heterocycles. The van der Waals surface area contributed by atoms with Gasteiger partial charge in [0.2, 0.25) is 0 Å². The van der Waals surface area contributed by atoms with Crippen molar-refractivity contribution in [1.82, 2.24) is 0 Å². The number of aliphatic hydroxyl groups excluding tert-OH is 3. The van der Waals surface area contributed by atoms with Gasteiger partial charge in [0.05, 0.1) is 19.8 Å². The van der Waals surface area contributed by atoms with Crippen LogP contribution in [0.25, 0.3) is 0 Å². The maximum absolute atomic E-state index is 12.8. The first-order valence-electron chi connectivity index (χ1n) is 22.0. The molecule has 0 aromatic heterocycles. The van der Waals surface area contributed by atoms with Crippen LogP contribution in [0, 0.1) is 0 Å². The largest absolute Gasteiger partial charge is 0.457 e. The molecule has 0 bridgehead atoms. The zero-order valence-electron chi connectivity index (χ0n) is 35.6. The molecule has 0 aliphatic carbocycles. The predicted molar refractivity (Wildman–Crippen MR) is 229 cm³/mol. The first-order valence-corrected chi connectivity index (χ1v) is 23.4. The summed E-state index contributed by atoms with van der Waals surface area (Å²) in [6.45, 7) is 3.78. The molecule has 58 heavy (non-hydrogen) atoms. The van der Waals surface area contributed by atoms with E-state index in [1.165, 1.54) is 25.7 Å². The standard InChI is InChI=1S/C45H78O12S/c1-3-5-7-9-11-13-15-17-19-21-23-25-27-29-31-33-35-53-37-39(38-54-45-43(49)44(57-58(50,51)52)42(48)40(36-46)56-45)55-41(47)34-32-30-28-26-24-22-20-18-16-14-12-10-8-6-4-2/h5,7,11-14,17-20,39-40,42-46,48-49H,3-4,6,8-10,15-16,21-38H2,1-2H3,(H,50,51,52)/b7-5-,13-11-,14-12-,19-17-,20-18-. The molecule has 0 aromatic carbocycles. The van der Waals surface area contributed by atoms with Gasteiger partial charge >= 0.3 is 16.4 Å². The van der Waals surface area contributed by atoms with E-state index in [0.717, 1.165) is 103 Å². The van der Waals surface area contributed by atoms with Crippen LogP contribution in [0.1, 0.15) is 155 Å². The molecule has 4 N–H and O–H groups in total. The van der Waals surface area contributed by atoms with Crippen LogP contribution in [-0.2, 0) is 38.3 Å². The number of carbonyl (C=O) groups excluding carboxylic acids is 1. The van der Waals surface area contributed by atoms with Crippen molar-refractivity contribution < 1.29 is 56.2 Å². The highest BCUT2D eigenvalue weighted by molar-refractivity contribution is 7.80. The molecule has 0 radical (unpaired) electrons.